The Bertz CT molecular complexity index is 1530. The van der Waals surface area contributed by atoms with E-state index in [1.54, 1.807) is 53.8 Å². The average Bonchev–Trinajstić information content (AvgIpc) is 3.30. The fourth-order valence-corrected chi connectivity index (χ4v) is 5.50. The second-order valence-corrected chi connectivity index (χ2v) is 10.1. The van der Waals surface area contributed by atoms with Crippen molar-refractivity contribution in [1.82, 2.24) is 15.0 Å². The van der Waals surface area contributed by atoms with E-state index >= 15 is 0 Å². The third-order valence-electron chi connectivity index (χ3n) is 5.37. The number of sulfonamides is 1. The number of nitrogens with zero attached hydrogens (tertiary/aromatic N) is 3. The Labute approximate surface area is 201 Å². The lowest BCUT2D eigenvalue weighted by Crippen LogP contribution is -2.13. The summed E-state index contributed by atoms with van der Waals surface area (Å²) in [7, 11) is -3.74. The minimum Gasteiger partial charge on any atom is -0.340 e. The van der Waals surface area contributed by atoms with E-state index in [0.29, 0.717) is 5.82 Å². The van der Waals surface area contributed by atoms with Crippen LogP contribution in [0.1, 0.15) is 12.5 Å². The lowest BCUT2D eigenvalue weighted by molar-refractivity contribution is 0.601. The molecule has 170 valence electrons. The molecule has 0 aliphatic heterocycles. The molecule has 0 bridgehead atoms. The highest BCUT2D eigenvalue weighted by Gasteiger charge is 2.16. The van der Waals surface area contributed by atoms with Gasteiger partial charge in [-0.25, -0.2) is 23.4 Å². The Morgan fingerprint density at radius 3 is 2.41 bits per heavy atom. The van der Waals surface area contributed by atoms with E-state index in [1.807, 2.05) is 0 Å². The molecule has 3 heterocycles. The van der Waals surface area contributed by atoms with E-state index in [2.05, 4.69) is 61.6 Å². The van der Waals surface area contributed by atoms with E-state index in [0.717, 1.165) is 33.5 Å². The number of pyridine rings is 1. The standard InChI is InChI=1S/C25H21N5O2S2/c1-2-17-6-8-18(9-7-17)21-15-33-25-23(21)24(27-16-28-25)29-19-10-12-20(13-11-19)34(31,32)30-22-5-3-4-14-26-22/h3-16H,2H2,1H3,(H,26,30)(H,27,28,29). The van der Waals surface area contributed by atoms with Crippen LogP contribution in [-0.2, 0) is 16.4 Å². The van der Waals surface area contributed by atoms with E-state index in [1.165, 1.54) is 18.1 Å². The van der Waals surface area contributed by atoms with Crippen LogP contribution in [0.5, 0.6) is 0 Å². The van der Waals surface area contributed by atoms with Crippen molar-refractivity contribution in [2.75, 3.05) is 10.0 Å². The molecular formula is C25H21N5O2S2. The zero-order valence-electron chi connectivity index (χ0n) is 18.3. The summed E-state index contributed by atoms with van der Waals surface area (Å²) in [6, 6.07) is 20.1. The molecule has 34 heavy (non-hydrogen) atoms. The molecule has 0 aliphatic rings. The molecule has 0 fully saturated rings. The molecule has 5 rings (SSSR count). The maximum Gasteiger partial charge on any atom is 0.263 e. The summed E-state index contributed by atoms with van der Waals surface area (Å²) in [6.07, 6.45) is 4.05. The third-order valence-corrected chi connectivity index (χ3v) is 7.63. The summed E-state index contributed by atoms with van der Waals surface area (Å²) in [6.45, 7) is 2.13. The molecule has 0 amide bonds. The van der Waals surface area contributed by atoms with E-state index in [-0.39, 0.29) is 10.7 Å². The van der Waals surface area contributed by atoms with Crippen molar-refractivity contribution < 1.29 is 8.42 Å². The van der Waals surface area contributed by atoms with Crippen molar-refractivity contribution >= 4 is 48.9 Å². The van der Waals surface area contributed by atoms with Gasteiger partial charge in [-0.15, -0.1) is 11.3 Å². The number of thiophene rings is 1. The highest BCUT2D eigenvalue weighted by atomic mass is 32.2. The first-order valence-electron chi connectivity index (χ1n) is 10.7. The molecule has 3 aromatic heterocycles. The maximum absolute atomic E-state index is 12.7. The lowest BCUT2D eigenvalue weighted by atomic mass is 10.0. The van der Waals surface area contributed by atoms with Gasteiger partial charge in [-0.1, -0.05) is 37.3 Å². The first kappa shape index (κ1) is 22.0. The summed E-state index contributed by atoms with van der Waals surface area (Å²) < 4.78 is 27.8. The molecule has 0 spiro atoms. The Hall–Kier alpha value is -3.82. The Morgan fingerprint density at radius 2 is 1.71 bits per heavy atom. The van der Waals surface area contributed by atoms with Gasteiger partial charge in [-0.2, -0.15) is 0 Å². The zero-order chi connectivity index (χ0) is 23.5. The second kappa shape index (κ2) is 9.20. The third kappa shape index (κ3) is 4.48. The smallest absolute Gasteiger partial charge is 0.263 e. The van der Waals surface area contributed by atoms with E-state index in [4.69, 9.17) is 0 Å². The van der Waals surface area contributed by atoms with Crippen molar-refractivity contribution in [1.29, 1.82) is 0 Å². The maximum atomic E-state index is 12.7. The number of aromatic nitrogens is 3. The lowest BCUT2D eigenvalue weighted by Gasteiger charge is -2.10. The molecule has 7 nitrogen and oxygen atoms in total. The fourth-order valence-electron chi connectivity index (χ4n) is 3.58. The summed E-state index contributed by atoms with van der Waals surface area (Å²) in [5.74, 6) is 0.938. The van der Waals surface area contributed by atoms with Crippen LogP contribution in [0.2, 0.25) is 0 Å². The van der Waals surface area contributed by atoms with Gasteiger partial charge in [-0.05, 0) is 53.9 Å². The Kier molecular flexibility index (Phi) is 5.95. The highest BCUT2D eigenvalue weighted by Crippen LogP contribution is 2.37. The summed E-state index contributed by atoms with van der Waals surface area (Å²) in [4.78, 5) is 13.9. The Balaban J connectivity index is 1.43. The molecule has 2 aromatic carbocycles. The van der Waals surface area contributed by atoms with E-state index < -0.39 is 10.0 Å². The number of hydrogen-bond donors (Lipinski definition) is 2. The largest absolute Gasteiger partial charge is 0.340 e. The molecular weight excluding hydrogens is 466 g/mol. The summed E-state index contributed by atoms with van der Waals surface area (Å²) in [5.41, 5.74) is 4.16. The molecule has 0 saturated carbocycles. The molecule has 5 aromatic rings. The number of fused-ring (bicyclic) bond motifs is 1. The minimum atomic E-state index is -3.74. The first-order valence-corrected chi connectivity index (χ1v) is 13.0. The van der Waals surface area contributed by atoms with Gasteiger partial charge >= 0.3 is 0 Å². The number of hydrogen-bond acceptors (Lipinski definition) is 7. The van der Waals surface area contributed by atoms with Gasteiger partial charge < -0.3 is 5.32 Å². The topological polar surface area (TPSA) is 96.9 Å². The molecule has 0 saturated heterocycles. The van der Waals surface area contributed by atoms with Crippen LogP contribution in [0.15, 0.2) is 89.5 Å². The van der Waals surface area contributed by atoms with Gasteiger partial charge in [0.1, 0.15) is 22.8 Å². The minimum absolute atomic E-state index is 0.142. The molecule has 0 radical (unpaired) electrons. The molecule has 2 N–H and O–H groups in total. The van der Waals surface area contributed by atoms with Crippen molar-refractivity contribution in [2.45, 2.75) is 18.2 Å². The van der Waals surface area contributed by atoms with Crippen molar-refractivity contribution in [3.05, 3.63) is 90.2 Å². The normalized spacial score (nSPS) is 11.4. The van der Waals surface area contributed by atoms with Crippen LogP contribution in [0.25, 0.3) is 21.3 Å². The monoisotopic (exact) mass is 487 g/mol. The van der Waals surface area contributed by atoms with Gasteiger partial charge in [0, 0.05) is 22.8 Å². The molecule has 0 unspecified atom stereocenters. The van der Waals surface area contributed by atoms with Crippen LogP contribution in [0, 0.1) is 0 Å². The highest BCUT2D eigenvalue weighted by molar-refractivity contribution is 7.92. The van der Waals surface area contributed by atoms with Crippen LogP contribution in [0.3, 0.4) is 0 Å². The van der Waals surface area contributed by atoms with Crippen LogP contribution in [-0.4, -0.2) is 23.4 Å². The van der Waals surface area contributed by atoms with Crippen LogP contribution >= 0.6 is 11.3 Å². The quantitative estimate of drug-likeness (QED) is 0.298. The average molecular weight is 488 g/mol. The van der Waals surface area contributed by atoms with Gasteiger partial charge in [0.25, 0.3) is 10.0 Å². The van der Waals surface area contributed by atoms with Crippen molar-refractivity contribution in [3.8, 4) is 11.1 Å². The van der Waals surface area contributed by atoms with Gasteiger partial charge in [0.2, 0.25) is 0 Å². The van der Waals surface area contributed by atoms with Crippen LogP contribution in [0.4, 0.5) is 17.3 Å². The fraction of sp³-hybridized carbons (Fsp3) is 0.0800. The summed E-state index contributed by atoms with van der Waals surface area (Å²) >= 11 is 1.57. The van der Waals surface area contributed by atoms with Crippen molar-refractivity contribution in [2.24, 2.45) is 0 Å². The molecule has 0 atom stereocenters. The number of rotatable bonds is 7. The number of nitrogens with one attached hydrogen (secondary N) is 2. The number of aryl methyl sites for hydroxylation is 1. The second-order valence-electron chi connectivity index (χ2n) is 7.57. The van der Waals surface area contributed by atoms with Gasteiger partial charge in [0.05, 0.1) is 10.3 Å². The van der Waals surface area contributed by atoms with Crippen molar-refractivity contribution in [3.63, 3.8) is 0 Å². The first-order chi connectivity index (χ1) is 16.5. The van der Waals surface area contributed by atoms with Gasteiger partial charge in [-0.3, -0.25) is 4.72 Å². The van der Waals surface area contributed by atoms with Gasteiger partial charge in [0.15, 0.2) is 0 Å². The summed E-state index contributed by atoms with van der Waals surface area (Å²) in [5, 5.41) is 6.35. The SMILES string of the molecule is CCc1ccc(-c2csc3ncnc(Nc4ccc(S(=O)(=O)Nc5ccccn5)cc4)c23)cc1. The number of benzene rings is 2. The molecule has 0 aliphatic carbocycles. The zero-order valence-corrected chi connectivity index (χ0v) is 19.9. The predicted octanol–water partition coefficient (Wildman–Crippen LogP) is 5.86. The van der Waals surface area contributed by atoms with E-state index in [9.17, 15) is 8.42 Å². The molecule has 9 heteroatoms. The number of anilines is 3. The Morgan fingerprint density at radius 1 is 0.912 bits per heavy atom. The van der Waals surface area contributed by atoms with Crippen LogP contribution < -0.4 is 10.0 Å². The predicted molar refractivity (Wildman–Crippen MR) is 137 cm³/mol.